The van der Waals surface area contributed by atoms with Crippen LogP contribution in [-0.4, -0.2) is 12.0 Å². The number of hydrogen-bond donors (Lipinski definition) is 1. The van der Waals surface area contributed by atoms with Gasteiger partial charge in [0.1, 0.15) is 0 Å². The highest BCUT2D eigenvalue weighted by atomic mass is 35.5. The summed E-state index contributed by atoms with van der Waals surface area (Å²) < 4.78 is 0. The number of aryl methyl sites for hydroxylation is 1. The predicted molar refractivity (Wildman–Crippen MR) is 80.9 cm³/mol. The Morgan fingerprint density at radius 1 is 1.26 bits per heavy atom. The van der Waals surface area contributed by atoms with Crippen molar-refractivity contribution in [3.63, 3.8) is 0 Å². The van der Waals surface area contributed by atoms with Crippen LogP contribution in [0, 0.1) is 6.92 Å². The van der Waals surface area contributed by atoms with Crippen molar-refractivity contribution in [2.45, 2.75) is 19.4 Å². The van der Waals surface area contributed by atoms with Gasteiger partial charge in [0, 0.05) is 16.2 Å². The second-order valence-electron chi connectivity index (χ2n) is 4.49. The summed E-state index contributed by atoms with van der Waals surface area (Å²) in [6, 6.07) is 9.67. The molecule has 0 aliphatic rings. The molecule has 1 heterocycles. The number of likely N-dealkylation sites (N-methyl/N-ethyl adjacent to an activating group) is 1. The molecular weight excluding hydrogens is 279 g/mol. The van der Waals surface area contributed by atoms with Gasteiger partial charge in [-0.2, -0.15) is 0 Å². The van der Waals surface area contributed by atoms with E-state index in [2.05, 4.69) is 23.3 Å². The molecule has 0 spiro atoms. The van der Waals surface area contributed by atoms with Crippen molar-refractivity contribution in [2.24, 2.45) is 0 Å². The molecule has 0 saturated heterocycles. The van der Waals surface area contributed by atoms with Crippen molar-refractivity contribution in [1.82, 2.24) is 10.3 Å². The fourth-order valence-corrected chi connectivity index (χ4v) is 2.51. The third-order valence-corrected chi connectivity index (χ3v) is 3.76. The summed E-state index contributed by atoms with van der Waals surface area (Å²) in [5, 5.41) is 4.73. The summed E-state index contributed by atoms with van der Waals surface area (Å²) in [5.74, 6) is 0. The van der Waals surface area contributed by atoms with Crippen molar-refractivity contribution in [3.05, 3.63) is 63.4 Å². The molecule has 1 aromatic heterocycles. The van der Waals surface area contributed by atoms with Crippen LogP contribution >= 0.6 is 23.2 Å². The molecule has 1 atom stereocenters. The van der Waals surface area contributed by atoms with Gasteiger partial charge >= 0.3 is 0 Å². The minimum absolute atomic E-state index is 0.122. The van der Waals surface area contributed by atoms with E-state index < -0.39 is 0 Å². The van der Waals surface area contributed by atoms with Gasteiger partial charge in [-0.25, -0.2) is 0 Å². The van der Waals surface area contributed by atoms with Crippen LogP contribution in [0.25, 0.3) is 0 Å². The third kappa shape index (κ3) is 3.47. The van der Waals surface area contributed by atoms with E-state index in [4.69, 9.17) is 23.2 Å². The maximum Gasteiger partial charge on any atom is 0.0605 e. The Morgan fingerprint density at radius 3 is 2.74 bits per heavy atom. The normalized spacial score (nSPS) is 12.4. The molecule has 1 N–H and O–H groups in total. The molecular formula is C15H16Cl2N2. The van der Waals surface area contributed by atoms with Crippen LogP contribution in [0.2, 0.25) is 10.0 Å². The molecule has 1 unspecified atom stereocenters. The van der Waals surface area contributed by atoms with Gasteiger partial charge < -0.3 is 5.32 Å². The van der Waals surface area contributed by atoms with E-state index in [-0.39, 0.29) is 6.04 Å². The lowest BCUT2D eigenvalue weighted by molar-refractivity contribution is 0.572. The maximum absolute atomic E-state index is 6.22. The van der Waals surface area contributed by atoms with Crippen molar-refractivity contribution in [2.75, 3.05) is 7.05 Å². The van der Waals surface area contributed by atoms with Gasteiger partial charge in [0.05, 0.1) is 11.7 Å². The minimum atomic E-state index is 0.122. The highest BCUT2D eigenvalue weighted by Crippen LogP contribution is 2.26. The number of pyridine rings is 1. The first-order valence-electron chi connectivity index (χ1n) is 6.14. The van der Waals surface area contributed by atoms with E-state index in [0.717, 1.165) is 22.7 Å². The largest absolute Gasteiger partial charge is 0.311 e. The molecule has 2 rings (SSSR count). The highest BCUT2D eigenvalue weighted by molar-refractivity contribution is 6.33. The van der Waals surface area contributed by atoms with E-state index in [1.807, 2.05) is 31.4 Å². The molecule has 0 saturated carbocycles. The molecule has 0 aliphatic carbocycles. The lowest BCUT2D eigenvalue weighted by Gasteiger charge is -2.18. The van der Waals surface area contributed by atoms with Crippen LogP contribution in [0.3, 0.4) is 0 Å². The first-order chi connectivity index (χ1) is 9.11. The van der Waals surface area contributed by atoms with E-state index in [0.29, 0.717) is 5.02 Å². The molecule has 0 fully saturated rings. The average Bonchev–Trinajstić information content (AvgIpc) is 2.41. The molecule has 0 bridgehead atoms. The first kappa shape index (κ1) is 14.3. The summed E-state index contributed by atoms with van der Waals surface area (Å²) in [7, 11) is 1.93. The van der Waals surface area contributed by atoms with Crippen molar-refractivity contribution >= 4 is 23.2 Å². The SMILES string of the molecule is CNC(Cc1cc(Cl)ccc1Cl)c1ncccc1C. The zero-order valence-corrected chi connectivity index (χ0v) is 12.5. The quantitative estimate of drug-likeness (QED) is 0.914. The van der Waals surface area contributed by atoms with Crippen LogP contribution in [0.1, 0.15) is 22.9 Å². The van der Waals surface area contributed by atoms with E-state index in [9.17, 15) is 0 Å². The van der Waals surface area contributed by atoms with E-state index >= 15 is 0 Å². The Hall–Kier alpha value is -1.09. The second-order valence-corrected chi connectivity index (χ2v) is 5.33. The second kappa shape index (κ2) is 6.38. The van der Waals surface area contributed by atoms with Gasteiger partial charge in [0.25, 0.3) is 0 Å². The number of hydrogen-bond acceptors (Lipinski definition) is 2. The molecule has 4 heteroatoms. The van der Waals surface area contributed by atoms with Crippen LogP contribution in [0.4, 0.5) is 0 Å². The molecule has 2 aromatic rings. The number of benzene rings is 1. The van der Waals surface area contributed by atoms with Crippen molar-refractivity contribution in [1.29, 1.82) is 0 Å². The van der Waals surface area contributed by atoms with Crippen LogP contribution < -0.4 is 5.32 Å². The zero-order chi connectivity index (χ0) is 13.8. The van der Waals surface area contributed by atoms with Gasteiger partial charge in [-0.05, 0) is 55.8 Å². The Morgan fingerprint density at radius 2 is 2.05 bits per heavy atom. The number of nitrogens with zero attached hydrogens (tertiary/aromatic N) is 1. The molecule has 100 valence electrons. The van der Waals surface area contributed by atoms with Crippen LogP contribution in [0.15, 0.2) is 36.5 Å². The number of aromatic nitrogens is 1. The molecule has 0 radical (unpaired) electrons. The molecule has 2 nitrogen and oxygen atoms in total. The third-order valence-electron chi connectivity index (χ3n) is 3.16. The number of rotatable bonds is 4. The fraction of sp³-hybridized carbons (Fsp3) is 0.267. The Labute approximate surface area is 123 Å². The van der Waals surface area contributed by atoms with Crippen molar-refractivity contribution < 1.29 is 0 Å². The monoisotopic (exact) mass is 294 g/mol. The van der Waals surface area contributed by atoms with Crippen LogP contribution in [0.5, 0.6) is 0 Å². The lowest BCUT2D eigenvalue weighted by Crippen LogP contribution is -2.21. The molecule has 0 aliphatic heterocycles. The van der Waals surface area contributed by atoms with Crippen molar-refractivity contribution in [3.8, 4) is 0 Å². The number of nitrogens with one attached hydrogen (secondary N) is 1. The topological polar surface area (TPSA) is 24.9 Å². The molecule has 1 aromatic carbocycles. The molecule has 0 amide bonds. The predicted octanol–water partition coefficient (Wildman–Crippen LogP) is 4.20. The first-order valence-corrected chi connectivity index (χ1v) is 6.90. The summed E-state index contributed by atoms with van der Waals surface area (Å²) in [6.07, 6.45) is 2.57. The summed E-state index contributed by atoms with van der Waals surface area (Å²) in [6.45, 7) is 2.06. The summed E-state index contributed by atoms with van der Waals surface area (Å²) in [4.78, 5) is 4.46. The zero-order valence-electron chi connectivity index (χ0n) is 11.0. The minimum Gasteiger partial charge on any atom is -0.311 e. The Kier molecular flexibility index (Phi) is 4.81. The smallest absolute Gasteiger partial charge is 0.0605 e. The lowest BCUT2D eigenvalue weighted by atomic mass is 10.00. The van der Waals surface area contributed by atoms with Crippen LogP contribution in [-0.2, 0) is 6.42 Å². The van der Waals surface area contributed by atoms with Gasteiger partial charge in [0.2, 0.25) is 0 Å². The summed E-state index contributed by atoms with van der Waals surface area (Å²) >= 11 is 12.2. The maximum atomic E-state index is 6.22. The fourth-order valence-electron chi connectivity index (χ4n) is 2.12. The Balaban J connectivity index is 2.29. The average molecular weight is 295 g/mol. The molecule has 19 heavy (non-hydrogen) atoms. The Bertz CT molecular complexity index is 570. The highest BCUT2D eigenvalue weighted by Gasteiger charge is 2.15. The van der Waals surface area contributed by atoms with E-state index in [1.54, 1.807) is 6.07 Å². The number of halogens is 2. The summed E-state index contributed by atoms with van der Waals surface area (Å²) in [5.41, 5.74) is 3.24. The van der Waals surface area contributed by atoms with Gasteiger partial charge in [-0.3, -0.25) is 4.98 Å². The standard InChI is InChI=1S/C15H16Cl2N2/c1-10-4-3-7-19-15(10)14(18-2)9-11-8-12(16)5-6-13(11)17/h3-8,14,18H,9H2,1-2H3. The van der Waals surface area contributed by atoms with Gasteiger partial charge in [-0.1, -0.05) is 29.3 Å². The van der Waals surface area contributed by atoms with E-state index in [1.165, 1.54) is 5.56 Å². The van der Waals surface area contributed by atoms with Gasteiger partial charge in [-0.15, -0.1) is 0 Å². The van der Waals surface area contributed by atoms with Gasteiger partial charge in [0.15, 0.2) is 0 Å².